The van der Waals surface area contributed by atoms with Crippen molar-refractivity contribution in [2.24, 2.45) is 17.8 Å². The Morgan fingerprint density at radius 3 is 2.37 bits per heavy atom. The van der Waals surface area contributed by atoms with Crippen molar-refractivity contribution < 1.29 is 0 Å². The largest absolute Gasteiger partial charge is 0.312 e. The summed E-state index contributed by atoms with van der Waals surface area (Å²) < 4.78 is 0. The van der Waals surface area contributed by atoms with E-state index in [0.717, 1.165) is 17.8 Å². The van der Waals surface area contributed by atoms with Gasteiger partial charge in [0.1, 0.15) is 0 Å². The van der Waals surface area contributed by atoms with Gasteiger partial charge in [0.2, 0.25) is 0 Å². The molecule has 1 rings (SSSR count). The molecule has 0 amide bonds. The molecule has 3 atom stereocenters. The minimum absolute atomic E-state index is 0.277. The normalized spacial score (nSPS) is 25.7. The van der Waals surface area contributed by atoms with Gasteiger partial charge in [0, 0.05) is 5.54 Å². The highest BCUT2D eigenvalue weighted by Gasteiger charge is 2.29. The van der Waals surface area contributed by atoms with Crippen LogP contribution in [-0.2, 0) is 0 Å². The summed E-state index contributed by atoms with van der Waals surface area (Å²) in [5, 5.41) is 3.73. The van der Waals surface area contributed by atoms with E-state index in [1.54, 1.807) is 0 Å². The lowest BCUT2D eigenvalue weighted by molar-refractivity contribution is 0.260. The Morgan fingerprint density at radius 1 is 1.11 bits per heavy atom. The zero-order valence-electron chi connectivity index (χ0n) is 14.1. The smallest absolute Gasteiger partial charge is 0.00966 e. The maximum atomic E-state index is 3.73. The summed E-state index contributed by atoms with van der Waals surface area (Å²) in [7, 11) is 0. The van der Waals surface area contributed by atoms with E-state index in [-0.39, 0.29) is 5.54 Å². The van der Waals surface area contributed by atoms with Gasteiger partial charge < -0.3 is 5.32 Å². The molecule has 0 radical (unpaired) electrons. The van der Waals surface area contributed by atoms with E-state index in [4.69, 9.17) is 0 Å². The third-order valence-corrected chi connectivity index (χ3v) is 4.89. The summed E-state index contributed by atoms with van der Waals surface area (Å²) in [5.74, 6) is 2.92. The first-order valence-corrected chi connectivity index (χ1v) is 8.71. The molecule has 1 N–H and O–H groups in total. The summed E-state index contributed by atoms with van der Waals surface area (Å²) in [6.07, 6.45) is 11.5. The summed E-state index contributed by atoms with van der Waals surface area (Å²) in [4.78, 5) is 0. The van der Waals surface area contributed by atoms with Crippen LogP contribution in [0, 0.1) is 17.8 Å². The SMILES string of the molecule is CCCCC(CC)CC1CCCC1CNC(C)(C)C. The first kappa shape index (κ1) is 17.0. The fourth-order valence-electron chi connectivity index (χ4n) is 3.54. The van der Waals surface area contributed by atoms with Gasteiger partial charge in [-0.25, -0.2) is 0 Å². The summed E-state index contributed by atoms with van der Waals surface area (Å²) in [6.45, 7) is 12.8. The average Bonchev–Trinajstić information content (AvgIpc) is 2.78. The molecule has 0 spiro atoms. The molecule has 1 nitrogen and oxygen atoms in total. The molecule has 1 saturated carbocycles. The van der Waals surface area contributed by atoms with Crippen LogP contribution in [0.2, 0.25) is 0 Å². The molecule has 0 saturated heterocycles. The minimum atomic E-state index is 0.277. The molecule has 0 aromatic rings. The van der Waals surface area contributed by atoms with Crippen LogP contribution in [0.15, 0.2) is 0 Å². The van der Waals surface area contributed by atoms with Crippen LogP contribution < -0.4 is 5.32 Å². The quantitative estimate of drug-likeness (QED) is 0.621. The van der Waals surface area contributed by atoms with Gasteiger partial charge in [0.25, 0.3) is 0 Å². The van der Waals surface area contributed by atoms with E-state index in [1.165, 1.54) is 57.9 Å². The molecule has 0 bridgehead atoms. The van der Waals surface area contributed by atoms with E-state index in [2.05, 4.69) is 39.9 Å². The highest BCUT2D eigenvalue weighted by atomic mass is 14.9. The van der Waals surface area contributed by atoms with Crippen LogP contribution in [-0.4, -0.2) is 12.1 Å². The maximum absolute atomic E-state index is 3.73. The molecule has 0 heterocycles. The van der Waals surface area contributed by atoms with Gasteiger partial charge in [0.15, 0.2) is 0 Å². The van der Waals surface area contributed by atoms with Gasteiger partial charge in [-0.1, -0.05) is 52.4 Å². The number of hydrogen-bond donors (Lipinski definition) is 1. The minimum Gasteiger partial charge on any atom is -0.312 e. The van der Waals surface area contributed by atoms with Crippen molar-refractivity contribution in [1.29, 1.82) is 0 Å². The van der Waals surface area contributed by atoms with Crippen molar-refractivity contribution in [1.82, 2.24) is 5.32 Å². The Bertz CT molecular complexity index is 228. The molecule has 19 heavy (non-hydrogen) atoms. The lowest BCUT2D eigenvalue weighted by Gasteiger charge is -2.28. The molecular weight excluding hydrogens is 230 g/mol. The number of rotatable bonds is 8. The van der Waals surface area contributed by atoms with Crippen molar-refractivity contribution in [3.05, 3.63) is 0 Å². The zero-order chi connectivity index (χ0) is 14.3. The Labute approximate surface area is 121 Å². The molecule has 0 aromatic heterocycles. The highest BCUT2D eigenvalue weighted by Crippen LogP contribution is 2.37. The summed E-state index contributed by atoms with van der Waals surface area (Å²) in [5.41, 5.74) is 0.277. The van der Waals surface area contributed by atoms with Crippen LogP contribution in [0.1, 0.15) is 86.0 Å². The predicted octanol–water partition coefficient (Wildman–Crippen LogP) is 5.40. The van der Waals surface area contributed by atoms with E-state index in [0.29, 0.717) is 0 Å². The molecule has 0 aromatic carbocycles. The van der Waals surface area contributed by atoms with Crippen molar-refractivity contribution in [3.63, 3.8) is 0 Å². The summed E-state index contributed by atoms with van der Waals surface area (Å²) >= 11 is 0. The first-order chi connectivity index (χ1) is 8.96. The average molecular weight is 268 g/mol. The standard InChI is InChI=1S/C18H37N/c1-6-8-10-15(7-2)13-16-11-9-12-17(16)14-19-18(3,4)5/h15-17,19H,6-14H2,1-5H3. The van der Waals surface area contributed by atoms with Gasteiger partial charge in [-0.15, -0.1) is 0 Å². The van der Waals surface area contributed by atoms with E-state index >= 15 is 0 Å². The number of nitrogens with one attached hydrogen (secondary N) is 1. The monoisotopic (exact) mass is 267 g/mol. The van der Waals surface area contributed by atoms with Gasteiger partial charge >= 0.3 is 0 Å². The molecule has 1 aliphatic rings. The second-order valence-corrected chi connectivity index (χ2v) is 7.73. The van der Waals surface area contributed by atoms with Gasteiger partial charge in [-0.05, 0) is 57.9 Å². The highest BCUT2D eigenvalue weighted by molar-refractivity contribution is 4.83. The molecule has 0 aliphatic heterocycles. The van der Waals surface area contributed by atoms with E-state index in [1.807, 2.05) is 0 Å². The van der Waals surface area contributed by atoms with Gasteiger partial charge in [-0.3, -0.25) is 0 Å². The lowest BCUT2D eigenvalue weighted by Crippen LogP contribution is -2.40. The van der Waals surface area contributed by atoms with Crippen LogP contribution in [0.4, 0.5) is 0 Å². The first-order valence-electron chi connectivity index (χ1n) is 8.71. The molecule has 1 fully saturated rings. The Hall–Kier alpha value is -0.0400. The predicted molar refractivity (Wildman–Crippen MR) is 86.5 cm³/mol. The lowest BCUT2D eigenvalue weighted by atomic mass is 9.83. The molecule has 1 aliphatic carbocycles. The van der Waals surface area contributed by atoms with E-state index in [9.17, 15) is 0 Å². The number of hydrogen-bond acceptors (Lipinski definition) is 1. The Morgan fingerprint density at radius 2 is 1.79 bits per heavy atom. The van der Waals surface area contributed by atoms with Crippen LogP contribution in [0.25, 0.3) is 0 Å². The van der Waals surface area contributed by atoms with Crippen molar-refractivity contribution in [2.75, 3.05) is 6.54 Å². The van der Waals surface area contributed by atoms with Crippen molar-refractivity contribution in [2.45, 2.75) is 91.5 Å². The fourth-order valence-corrected chi connectivity index (χ4v) is 3.54. The molecule has 1 heteroatoms. The maximum Gasteiger partial charge on any atom is 0.00966 e. The third-order valence-electron chi connectivity index (χ3n) is 4.89. The molecule has 114 valence electrons. The topological polar surface area (TPSA) is 12.0 Å². The van der Waals surface area contributed by atoms with Gasteiger partial charge in [0.05, 0.1) is 0 Å². The van der Waals surface area contributed by atoms with Crippen LogP contribution in [0.5, 0.6) is 0 Å². The van der Waals surface area contributed by atoms with Crippen molar-refractivity contribution in [3.8, 4) is 0 Å². The molecular formula is C18H37N. The second kappa shape index (κ2) is 8.29. The number of unbranched alkanes of at least 4 members (excludes halogenated alkanes) is 1. The van der Waals surface area contributed by atoms with Crippen LogP contribution in [0.3, 0.4) is 0 Å². The second-order valence-electron chi connectivity index (χ2n) is 7.73. The van der Waals surface area contributed by atoms with Crippen LogP contribution >= 0.6 is 0 Å². The van der Waals surface area contributed by atoms with E-state index < -0.39 is 0 Å². The zero-order valence-corrected chi connectivity index (χ0v) is 14.1. The summed E-state index contributed by atoms with van der Waals surface area (Å²) in [6, 6.07) is 0. The van der Waals surface area contributed by atoms with Gasteiger partial charge in [-0.2, -0.15) is 0 Å². The Kier molecular flexibility index (Phi) is 7.42. The van der Waals surface area contributed by atoms with Crippen molar-refractivity contribution >= 4 is 0 Å². The fraction of sp³-hybridized carbons (Fsp3) is 1.00. The molecule has 3 unspecified atom stereocenters. The third kappa shape index (κ3) is 6.79. The Balaban J connectivity index is 2.37.